The molecule has 2 heterocycles. The van der Waals surface area contributed by atoms with E-state index >= 15 is 0 Å². The van der Waals surface area contributed by atoms with Crippen LogP contribution in [0.25, 0.3) is 0 Å². The van der Waals surface area contributed by atoms with Crippen LogP contribution < -0.4 is 0 Å². The minimum atomic E-state index is -0.221. The van der Waals surface area contributed by atoms with Crippen LogP contribution in [-0.2, 0) is 9.53 Å². The summed E-state index contributed by atoms with van der Waals surface area (Å²) >= 11 is 0. The van der Waals surface area contributed by atoms with Gasteiger partial charge in [-0.15, -0.1) is 0 Å². The Hall–Kier alpha value is -0.610. The quantitative estimate of drug-likeness (QED) is 0.610. The number of piperidine rings is 1. The van der Waals surface area contributed by atoms with Crippen LogP contribution in [0.5, 0.6) is 0 Å². The first-order valence-corrected chi connectivity index (χ1v) is 5.15. The van der Waals surface area contributed by atoms with Crippen LogP contribution >= 0.6 is 0 Å². The topological polar surface area (TPSA) is 49.8 Å². The van der Waals surface area contributed by atoms with E-state index in [1.165, 1.54) is 6.92 Å². The lowest BCUT2D eigenvalue weighted by molar-refractivity contribution is -0.147. The number of aliphatic hydroxyl groups is 1. The maximum absolute atomic E-state index is 10.9. The molecule has 1 unspecified atom stereocenters. The van der Waals surface area contributed by atoms with Crippen LogP contribution in [0, 0.1) is 0 Å². The highest BCUT2D eigenvalue weighted by atomic mass is 16.5. The summed E-state index contributed by atoms with van der Waals surface area (Å²) in [6.45, 7) is 1.44. The standard InChI is InChI=1S/C10H17NO3/c1-6(12)14-10-4-7-3-8(13)5-9(10)11(7)2/h7-10,13H,3-5H2,1-2H3/t7-,8?,9+,10-/m0/s1. The van der Waals surface area contributed by atoms with Gasteiger partial charge in [-0.25, -0.2) is 0 Å². The van der Waals surface area contributed by atoms with Gasteiger partial charge in [0.1, 0.15) is 6.10 Å². The van der Waals surface area contributed by atoms with Gasteiger partial charge in [-0.1, -0.05) is 0 Å². The van der Waals surface area contributed by atoms with Crippen LogP contribution in [0.15, 0.2) is 0 Å². The van der Waals surface area contributed by atoms with Crippen molar-refractivity contribution in [3.8, 4) is 0 Å². The second-order valence-corrected chi connectivity index (χ2v) is 4.40. The molecule has 0 amide bonds. The summed E-state index contributed by atoms with van der Waals surface area (Å²) in [5.41, 5.74) is 0. The maximum atomic E-state index is 10.9. The number of rotatable bonds is 1. The molecule has 2 fully saturated rings. The maximum Gasteiger partial charge on any atom is 0.302 e. The number of esters is 1. The van der Waals surface area contributed by atoms with Crippen molar-refractivity contribution in [2.24, 2.45) is 0 Å². The molecule has 0 aromatic rings. The minimum absolute atomic E-state index is 0.0142. The number of likely N-dealkylation sites (N-methyl/N-ethyl adjacent to an activating group) is 1. The molecule has 1 N–H and O–H groups in total. The van der Waals surface area contributed by atoms with Crippen LogP contribution in [0.4, 0.5) is 0 Å². The van der Waals surface area contributed by atoms with Crippen molar-refractivity contribution in [2.45, 2.75) is 50.5 Å². The van der Waals surface area contributed by atoms with Gasteiger partial charge in [-0.3, -0.25) is 9.69 Å². The molecule has 2 aliphatic heterocycles. The molecular formula is C10H17NO3. The minimum Gasteiger partial charge on any atom is -0.461 e. The van der Waals surface area contributed by atoms with Crippen LogP contribution in [0.2, 0.25) is 0 Å². The molecule has 4 heteroatoms. The number of ether oxygens (including phenoxy) is 1. The van der Waals surface area contributed by atoms with Crippen molar-refractivity contribution in [2.75, 3.05) is 7.05 Å². The zero-order valence-electron chi connectivity index (χ0n) is 8.64. The molecule has 2 rings (SSSR count). The van der Waals surface area contributed by atoms with Gasteiger partial charge in [0.25, 0.3) is 0 Å². The van der Waals surface area contributed by atoms with Gasteiger partial charge in [-0.2, -0.15) is 0 Å². The van der Waals surface area contributed by atoms with E-state index in [2.05, 4.69) is 4.90 Å². The highest BCUT2D eigenvalue weighted by Crippen LogP contribution is 2.36. The number of carbonyl (C=O) groups excluding carboxylic acids is 1. The van der Waals surface area contributed by atoms with E-state index in [1.807, 2.05) is 7.05 Å². The normalized spacial score (nSPS) is 42.5. The van der Waals surface area contributed by atoms with Crippen molar-refractivity contribution in [1.29, 1.82) is 0 Å². The first-order chi connectivity index (χ1) is 6.58. The van der Waals surface area contributed by atoms with Gasteiger partial charge in [0.15, 0.2) is 0 Å². The van der Waals surface area contributed by atoms with E-state index in [-0.39, 0.29) is 24.2 Å². The summed E-state index contributed by atoms with van der Waals surface area (Å²) in [4.78, 5) is 13.1. The van der Waals surface area contributed by atoms with Gasteiger partial charge in [-0.05, 0) is 19.9 Å². The fraction of sp³-hybridized carbons (Fsp3) is 0.900. The summed E-state index contributed by atoms with van der Waals surface area (Å²) in [6.07, 6.45) is 2.18. The zero-order valence-corrected chi connectivity index (χ0v) is 8.64. The van der Waals surface area contributed by atoms with Gasteiger partial charge in [0.05, 0.1) is 6.10 Å². The first-order valence-electron chi connectivity index (χ1n) is 5.15. The largest absolute Gasteiger partial charge is 0.461 e. The second-order valence-electron chi connectivity index (χ2n) is 4.40. The zero-order chi connectivity index (χ0) is 10.3. The van der Waals surface area contributed by atoms with E-state index in [0.717, 1.165) is 19.3 Å². The average molecular weight is 199 g/mol. The molecular weight excluding hydrogens is 182 g/mol. The van der Waals surface area contributed by atoms with Crippen molar-refractivity contribution in [3.05, 3.63) is 0 Å². The number of carbonyl (C=O) groups is 1. The predicted molar refractivity (Wildman–Crippen MR) is 50.8 cm³/mol. The predicted octanol–water partition coefficient (Wildman–Crippen LogP) is 0.145. The highest BCUT2D eigenvalue weighted by Gasteiger charge is 2.45. The molecule has 14 heavy (non-hydrogen) atoms. The fourth-order valence-electron chi connectivity index (χ4n) is 2.73. The van der Waals surface area contributed by atoms with E-state index in [0.29, 0.717) is 6.04 Å². The summed E-state index contributed by atoms with van der Waals surface area (Å²) in [7, 11) is 2.05. The van der Waals surface area contributed by atoms with Crippen LogP contribution in [-0.4, -0.2) is 47.3 Å². The monoisotopic (exact) mass is 199 g/mol. The molecule has 80 valence electrons. The SMILES string of the molecule is CC(=O)O[C@H]1C[C@@H]2CC(O)C[C@H]1N2C. The summed E-state index contributed by atoms with van der Waals surface area (Å²) in [5.74, 6) is -0.217. The highest BCUT2D eigenvalue weighted by molar-refractivity contribution is 5.66. The molecule has 0 aliphatic carbocycles. The Labute approximate surface area is 83.8 Å². The third kappa shape index (κ3) is 1.64. The van der Waals surface area contributed by atoms with E-state index < -0.39 is 0 Å². The number of fused-ring (bicyclic) bond motifs is 2. The van der Waals surface area contributed by atoms with E-state index in [9.17, 15) is 9.90 Å². The molecule has 2 bridgehead atoms. The van der Waals surface area contributed by atoms with Crippen molar-refractivity contribution >= 4 is 5.97 Å². The first kappa shape index (κ1) is 9.93. The molecule has 4 atom stereocenters. The average Bonchev–Trinajstić information content (AvgIpc) is 2.30. The number of aliphatic hydroxyl groups excluding tert-OH is 1. The lowest BCUT2D eigenvalue weighted by Crippen LogP contribution is -2.44. The lowest BCUT2D eigenvalue weighted by atomic mass is 10.0. The van der Waals surface area contributed by atoms with Gasteiger partial charge >= 0.3 is 5.97 Å². The Morgan fingerprint density at radius 3 is 2.79 bits per heavy atom. The Bertz CT molecular complexity index is 244. The molecule has 0 saturated carbocycles. The molecule has 4 nitrogen and oxygen atoms in total. The molecule has 0 radical (unpaired) electrons. The lowest BCUT2D eigenvalue weighted by Gasteiger charge is -2.34. The molecule has 0 spiro atoms. The second kappa shape index (κ2) is 3.51. The summed E-state index contributed by atoms with van der Waals surface area (Å²) in [5, 5.41) is 9.59. The van der Waals surface area contributed by atoms with Gasteiger partial charge < -0.3 is 9.84 Å². The third-order valence-corrected chi connectivity index (χ3v) is 3.41. The molecule has 0 aromatic heterocycles. The Morgan fingerprint density at radius 1 is 1.43 bits per heavy atom. The van der Waals surface area contributed by atoms with Crippen molar-refractivity contribution < 1.29 is 14.6 Å². The summed E-state index contributed by atoms with van der Waals surface area (Å²) < 4.78 is 5.25. The third-order valence-electron chi connectivity index (χ3n) is 3.41. The smallest absolute Gasteiger partial charge is 0.302 e. The number of hydrogen-bond donors (Lipinski definition) is 1. The molecule has 2 aliphatic rings. The van der Waals surface area contributed by atoms with E-state index in [4.69, 9.17) is 4.74 Å². The van der Waals surface area contributed by atoms with Crippen molar-refractivity contribution in [3.63, 3.8) is 0 Å². The summed E-state index contributed by atoms with van der Waals surface area (Å²) in [6, 6.07) is 0.598. The Kier molecular flexibility index (Phi) is 2.49. The fourth-order valence-corrected chi connectivity index (χ4v) is 2.73. The van der Waals surface area contributed by atoms with Crippen molar-refractivity contribution in [1.82, 2.24) is 4.90 Å². The number of nitrogens with zero attached hydrogens (tertiary/aromatic N) is 1. The molecule has 0 aromatic carbocycles. The van der Waals surface area contributed by atoms with Gasteiger partial charge in [0.2, 0.25) is 0 Å². The Morgan fingerprint density at radius 2 is 2.14 bits per heavy atom. The van der Waals surface area contributed by atoms with Crippen LogP contribution in [0.1, 0.15) is 26.2 Å². The Balaban J connectivity index is 2.05. The van der Waals surface area contributed by atoms with E-state index in [1.54, 1.807) is 0 Å². The molecule has 2 saturated heterocycles. The number of hydrogen-bond acceptors (Lipinski definition) is 4. The van der Waals surface area contributed by atoms with Gasteiger partial charge in [0, 0.05) is 25.4 Å². The van der Waals surface area contributed by atoms with Crippen LogP contribution in [0.3, 0.4) is 0 Å².